The molecule has 2 aromatic carbocycles. The third-order valence-corrected chi connectivity index (χ3v) is 5.12. The minimum Gasteiger partial charge on any atom is -0.497 e. The molecule has 0 unspecified atom stereocenters. The van der Waals surface area contributed by atoms with E-state index in [0.29, 0.717) is 17.4 Å². The molecule has 0 saturated carbocycles. The minimum atomic E-state index is -0.0285. The zero-order chi connectivity index (χ0) is 16.5. The molecule has 0 saturated heterocycles. The normalized spacial score (nSPS) is 16.7. The first-order valence-electron chi connectivity index (χ1n) is 7.61. The van der Waals surface area contributed by atoms with Crippen LogP contribution in [-0.4, -0.2) is 27.8 Å². The van der Waals surface area contributed by atoms with Gasteiger partial charge in [-0.1, -0.05) is 54.2 Å². The summed E-state index contributed by atoms with van der Waals surface area (Å²) in [6.45, 7) is 0. The van der Waals surface area contributed by atoms with E-state index in [1.54, 1.807) is 18.9 Å². The Morgan fingerprint density at radius 2 is 2.00 bits per heavy atom. The van der Waals surface area contributed by atoms with E-state index >= 15 is 0 Å². The first-order chi connectivity index (χ1) is 11.7. The Labute approximate surface area is 143 Å². The molecule has 2 heterocycles. The number of ether oxygens (including phenoxy) is 1. The third kappa shape index (κ3) is 2.69. The number of carbonyl (C=O) groups is 1. The van der Waals surface area contributed by atoms with Crippen molar-refractivity contribution >= 4 is 17.7 Å². The maximum atomic E-state index is 12.5. The molecule has 6 heteroatoms. The van der Waals surface area contributed by atoms with Gasteiger partial charge < -0.3 is 4.74 Å². The molecule has 0 bridgehead atoms. The van der Waals surface area contributed by atoms with Crippen molar-refractivity contribution in [3.8, 4) is 17.1 Å². The van der Waals surface area contributed by atoms with Crippen molar-refractivity contribution < 1.29 is 9.53 Å². The lowest BCUT2D eigenvalue weighted by molar-refractivity contribution is 0.0868. The van der Waals surface area contributed by atoms with Gasteiger partial charge in [0.1, 0.15) is 5.75 Å². The Balaban J connectivity index is 1.68. The second-order valence-corrected chi connectivity index (χ2v) is 6.65. The van der Waals surface area contributed by atoms with E-state index in [0.717, 1.165) is 16.9 Å². The van der Waals surface area contributed by atoms with Crippen molar-refractivity contribution in [1.29, 1.82) is 0 Å². The molecule has 1 atom stereocenters. The summed E-state index contributed by atoms with van der Waals surface area (Å²) in [6, 6.07) is 17.6. The summed E-state index contributed by atoms with van der Waals surface area (Å²) in [6.07, 6.45) is 0.419. The fraction of sp³-hybridized carbons (Fsp3) is 0.167. The van der Waals surface area contributed by atoms with Crippen LogP contribution < -0.4 is 4.74 Å². The Bertz CT molecular complexity index is 892. The van der Waals surface area contributed by atoms with Gasteiger partial charge in [-0.3, -0.25) is 4.79 Å². The van der Waals surface area contributed by atoms with Gasteiger partial charge in [0.05, 0.1) is 7.11 Å². The number of thioether (sulfide) groups is 1. The molecule has 24 heavy (non-hydrogen) atoms. The molecular formula is C18H15N3O2S. The van der Waals surface area contributed by atoms with Crippen molar-refractivity contribution in [2.45, 2.75) is 16.8 Å². The van der Waals surface area contributed by atoms with Crippen LogP contribution in [0.4, 0.5) is 0 Å². The van der Waals surface area contributed by atoms with Crippen LogP contribution in [0.2, 0.25) is 0 Å². The van der Waals surface area contributed by atoms with Gasteiger partial charge in [0.15, 0.2) is 11.0 Å². The molecule has 1 aromatic heterocycles. The van der Waals surface area contributed by atoms with Crippen LogP contribution in [0.15, 0.2) is 59.8 Å². The Morgan fingerprint density at radius 3 is 2.79 bits per heavy atom. The summed E-state index contributed by atoms with van der Waals surface area (Å²) in [5.74, 6) is 1.25. The lowest BCUT2D eigenvalue weighted by atomic mass is 10.1. The number of carbonyl (C=O) groups excluding carboxylic acids is 1. The quantitative estimate of drug-likeness (QED) is 0.727. The van der Waals surface area contributed by atoms with Gasteiger partial charge in [0, 0.05) is 17.2 Å². The van der Waals surface area contributed by atoms with Crippen LogP contribution >= 0.6 is 11.8 Å². The summed E-state index contributed by atoms with van der Waals surface area (Å²) >= 11 is 1.58. The van der Waals surface area contributed by atoms with Crippen LogP contribution in [0.1, 0.15) is 22.0 Å². The zero-order valence-corrected chi connectivity index (χ0v) is 13.9. The average molecular weight is 337 g/mol. The van der Waals surface area contributed by atoms with Crippen molar-refractivity contribution in [1.82, 2.24) is 14.8 Å². The second kappa shape index (κ2) is 6.13. The first-order valence-corrected chi connectivity index (χ1v) is 8.49. The predicted molar refractivity (Wildman–Crippen MR) is 92.3 cm³/mol. The molecule has 4 rings (SSSR count). The topological polar surface area (TPSA) is 57.0 Å². The molecule has 3 aromatic rings. The number of fused-ring (bicyclic) bond motifs is 1. The lowest BCUT2D eigenvalue weighted by Gasteiger charge is -2.20. The van der Waals surface area contributed by atoms with Gasteiger partial charge in [-0.2, -0.15) is 4.68 Å². The maximum Gasteiger partial charge on any atom is 0.250 e. The first kappa shape index (κ1) is 15.0. The summed E-state index contributed by atoms with van der Waals surface area (Å²) < 4.78 is 6.66. The van der Waals surface area contributed by atoms with Crippen molar-refractivity contribution in [3.63, 3.8) is 0 Å². The zero-order valence-electron chi connectivity index (χ0n) is 13.0. The van der Waals surface area contributed by atoms with Gasteiger partial charge in [0.25, 0.3) is 5.91 Å². The number of nitrogens with zero attached hydrogens (tertiary/aromatic N) is 3. The van der Waals surface area contributed by atoms with E-state index in [1.807, 2.05) is 54.6 Å². The summed E-state index contributed by atoms with van der Waals surface area (Å²) in [5, 5.41) is 5.10. The van der Waals surface area contributed by atoms with Crippen LogP contribution in [0.25, 0.3) is 11.4 Å². The number of benzene rings is 2. The number of rotatable bonds is 3. The van der Waals surface area contributed by atoms with E-state index < -0.39 is 0 Å². The van der Waals surface area contributed by atoms with Gasteiger partial charge in [0.2, 0.25) is 0 Å². The fourth-order valence-corrected chi connectivity index (χ4v) is 3.84. The molecule has 120 valence electrons. The molecule has 0 amide bonds. The number of aromatic nitrogens is 3. The smallest absolute Gasteiger partial charge is 0.250 e. The summed E-state index contributed by atoms with van der Waals surface area (Å²) in [5.41, 5.74) is 1.97. The number of hydrogen-bond acceptors (Lipinski definition) is 5. The Morgan fingerprint density at radius 1 is 1.17 bits per heavy atom. The predicted octanol–water partition coefficient (Wildman–Crippen LogP) is 3.83. The van der Waals surface area contributed by atoms with Crippen LogP contribution in [-0.2, 0) is 0 Å². The second-order valence-electron chi connectivity index (χ2n) is 5.48. The molecular weight excluding hydrogens is 322 g/mol. The van der Waals surface area contributed by atoms with Crippen molar-refractivity contribution in [3.05, 3.63) is 60.2 Å². The van der Waals surface area contributed by atoms with Gasteiger partial charge in [-0.15, -0.1) is 5.10 Å². The van der Waals surface area contributed by atoms with Gasteiger partial charge in [-0.05, 0) is 17.7 Å². The van der Waals surface area contributed by atoms with E-state index in [-0.39, 0.29) is 11.2 Å². The average Bonchev–Trinajstić information content (AvgIpc) is 3.07. The van der Waals surface area contributed by atoms with E-state index in [2.05, 4.69) is 10.1 Å². The van der Waals surface area contributed by atoms with E-state index in [1.165, 1.54) is 4.68 Å². The minimum absolute atomic E-state index is 0.0285. The fourth-order valence-electron chi connectivity index (χ4n) is 2.69. The van der Waals surface area contributed by atoms with Crippen molar-refractivity contribution in [2.75, 3.05) is 7.11 Å². The van der Waals surface area contributed by atoms with Crippen LogP contribution in [0.3, 0.4) is 0 Å². The van der Waals surface area contributed by atoms with Gasteiger partial charge in [-0.25, -0.2) is 4.98 Å². The van der Waals surface area contributed by atoms with E-state index in [4.69, 9.17) is 4.74 Å². The highest BCUT2D eigenvalue weighted by Gasteiger charge is 2.30. The molecule has 0 radical (unpaired) electrons. The highest BCUT2D eigenvalue weighted by Crippen LogP contribution is 2.41. The monoisotopic (exact) mass is 337 g/mol. The molecule has 5 nitrogen and oxygen atoms in total. The highest BCUT2D eigenvalue weighted by atomic mass is 32.2. The molecule has 1 aliphatic heterocycles. The lowest BCUT2D eigenvalue weighted by Crippen LogP contribution is -2.20. The van der Waals surface area contributed by atoms with Crippen LogP contribution in [0.5, 0.6) is 5.75 Å². The Kier molecular flexibility index (Phi) is 3.82. The maximum absolute atomic E-state index is 12.5. The Hall–Kier alpha value is -2.60. The SMILES string of the molecule is COc1cccc(-c2nc3n(n2)C(=O)C[C@@H](c2ccccc2)S3)c1. The largest absolute Gasteiger partial charge is 0.497 e. The number of hydrogen-bond donors (Lipinski definition) is 0. The summed E-state index contributed by atoms with van der Waals surface area (Å²) in [7, 11) is 1.62. The van der Waals surface area contributed by atoms with Crippen molar-refractivity contribution in [2.24, 2.45) is 0 Å². The standard InChI is InChI=1S/C18H15N3O2S/c1-23-14-9-5-8-13(10-14)17-19-18-21(20-17)16(22)11-15(24-18)12-6-3-2-4-7-12/h2-10,15H,11H2,1H3/t15-/m0/s1. The molecule has 1 aliphatic rings. The molecule has 0 N–H and O–H groups in total. The van der Waals surface area contributed by atoms with Crippen LogP contribution in [0, 0.1) is 0 Å². The highest BCUT2D eigenvalue weighted by molar-refractivity contribution is 7.99. The number of methoxy groups -OCH3 is 1. The van der Waals surface area contributed by atoms with E-state index in [9.17, 15) is 4.79 Å². The summed E-state index contributed by atoms with van der Waals surface area (Å²) in [4.78, 5) is 17.0. The third-order valence-electron chi connectivity index (χ3n) is 3.92. The molecule has 0 spiro atoms. The molecule has 0 aliphatic carbocycles. The molecule has 0 fully saturated rings. The van der Waals surface area contributed by atoms with Gasteiger partial charge >= 0.3 is 0 Å².